The number of primary amides is 1. The van der Waals surface area contributed by atoms with Crippen molar-refractivity contribution in [3.8, 4) is 0 Å². The summed E-state index contributed by atoms with van der Waals surface area (Å²) < 4.78 is 32.2. The molecule has 1 atom stereocenters. The molecule has 8 nitrogen and oxygen atoms in total. The number of hydrogen-bond donors (Lipinski definition) is 3. The van der Waals surface area contributed by atoms with E-state index in [4.69, 9.17) is 10.5 Å². The molecule has 0 saturated carbocycles. The average molecular weight is 412 g/mol. The van der Waals surface area contributed by atoms with Gasteiger partial charge in [0.1, 0.15) is 6.61 Å². The minimum Gasteiger partial charge on any atom is -0.370 e. The maximum Gasteiger partial charge on any atom is 0.265 e. The highest BCUT2D eigenvalue weighted by molar-refractivity contribution is 6.10. The molecule has 1 saturated heterocycles. The molecule has 1 aromatic rings. The van der Waals surface area contributed by atoms with Gasteiger partial charge in [-0.2, -0.15) is 0 Å². The molecule has 0 aliphatic carbocycles. The molecular formula is C19H26F2N4O4. The topological polar surface area (TPSA) is 114 Å². The van der Waals surface area contributed by atoms with Crippen LogP contribution in [0.1, 0.15) is 32.8 Å². The normalized spacial score (nSPS) is 16.1. The first-order chi connectivity index (χ1) is 13.5. The van der Waals surface area contributed by atoms with E-state index in [1.54, 1.807) is 0 Å². The standard InChI is InChI=1S/C19H26F2N4O4/c1-19(2,3)10-23-15(17(22)27)18(28)24-13-5-4-11(8-12(13)16(20)21)25-6-7-29-9-14(25)26/h4-5,8,15-16,23H,6-7,9-10H2,1-3H3,(H2,22,27)(H,24,28)/t15-/m0/s1. The van der Waals surface area contributed by atoms with Crippen LogP contribution < -0.4 is 21.3 Å². The van der Waals surface area contributed by atoms with Crippen LogP contribution >= 0.6 is 0 Å². The van der Waals surface area contributed by atoms with Crippen molar-refractivity contribution in [3.05, 3.63) is 23.8 Å². The number of benzene rings is 1. The van der Waals surface area contributed by atoms with Crippen molar-refractivity contribution in [3.63, 3.8) is 0 Å². The Kier molecular flexibility index (Phi) is 7.26. The number of nitrogens with zero attached hydrogens (tertiary/aromatic N) is 1. The molecule has 0 bridgehead atoms. The minimum atomic E-state index is -2.91. The van der Waals surface area contributed by atoms with Crippen LogP contribution in [0.15, 0.2) is 18.2 Å². The number of anilines is 2. The maximum atomic E-state index is 13.6. The highest BCUT2D eigenvalue weighted by Gasteiger charge is 2.28. The summed E-state index contributed by atoms with van der Waals surface area (Å²) >= 11 is 0. The summed E-state index contributed by atoms with van der Waals surface area (Å²) in [5, 5.41) is 5.10. The van der Waals surface area contributed by atoms with Crippen LogP contribution in [-0.2, 0) is 19.1 Å². The lowest BCUT2D eigenvalue weighted by atomic mass is 9.96. The summed E-state index contributed by atoms with van der Waals surface area (Å²) in [5.74, 6) is -2.09. The number of halogens is 2. The van der Waals surface area contributed by atoms with Crippen LogP contribution in [-0.4, -0.2) is 50.1 Å². The van der Waals surface area contributed by atoms with E-state index in [0.717, 1.165) is 6.07 Å². The molecule has 1 aliphatic heterocycles. The quantitative estimate of drug-likeness (QED) is 0.586. The molecule has 1 heterocycles. The van der Waals surface area contributed by atoms with Gasteiger partial charge in [0, 0.05) is 30.0 Å². The SMILES string of the molecule is CC(C)(C)CN[C@@H](C(N)=O)C(=O)Nc1ccc(N2CCOCC2=O)cc1C(F)F. The Morgan fingerprint density at radius 2 is 2.00 bits per heavy atom. The largest absolute Gasteiger partial charge is 0.370 e. The smallest absolute Gasteiger partial charge is 0.265 e. The number of nitrogens with one attached hydrogen (secondary N) is 2. The summed E-state index contributed by atoms with van der Waals surface area (Å²) in [6.45, 7) is 6.43. The van der Waals surface area contributed by atoms with Crippen molar-refractivity contribution in [2.24, 2.45) is 11.1 Å². The van der Waals surface area contributed by atoms with Gasteiger partial charge in [-0.15, -0.1) is 0 Å². The lowest BCUT2D eigenvalue weighted by Gasteiger charge is -2.28. The third-order valence-electron chi connectivity index (χ3n) is 4.21. The number of amides is 3. The molecule has 0 spiro atoms. The third kappa shape index (κ3) is 6.20. The second kappa shape index (κ2) is 9.27. The van der Waals surface area contributed by atoms with Gasteiger partial charge in [0.2, 0.25) is 5.91 Å². The van der Waals surface area contributed by atoms with Crippen molar-refractivity contribution >= 4 is 29.1 Å². The molecule has 0 radical (unpaired) electrons. The van der Waals surface area contributed by atoms with Gasteiger partial charge in [0.05, 0.1) is 6.61 Å². The number of carbonyl (C=O) groups is 3. The van der Waals surface area contributed by atoms with E-state index in [0.29, 0.717) is 13.2 Å². The first kappa shape index (κ1) is 22.7. The predicted octanol–water partition coefficient (Wildman–Crippen LogP) is 1.42. The number of hydrogen-bond acceptors (Lipinski definition) is 5. The van der Waals surface area contributed by atoms with Gasteiger partial charge >= 0.3 is 0 Å². The van der Waals surface area contributed by atoms with E-state index in [-0.39, 0.29) is 35.8 Å². The zero-order valence-corrected chi connectivity index (χ0v) is 16.6. The zero-order valence-electron chi connectivity index (χ0n) is 16.6. The van der Waals surface area contributed by atoms with Crippen LogP contribution in [0.25, 0.3) is 0 Å². The molecule has 10 heteroatoms. The summed E-state index contributed by atoms with van der Waals surface area (Å²) in [4.78, 5) is 37.4. The van der Waals surface area contributed by atoms with Crippen molar-refractivity contribution in [2.75, 3.05) is 36.5 Å². The third-order valence-corrected chi connectivity index (χ3v) is 4.21. The van der Waals surface area contributed by atoms with Crippen molar-refractivity contribution in [2.45, 2.75) is 33.2 Å². The summed E-state index contributed by atoms with van der Waals surface area (Å²) in [7, 11) is 0. The summed E-state index contributed by atoms with van der Waals surface area (Å²) in [6, 6.07) is 2.50. The Bertz CT molecular complexity index is 780. The molecular weight excluding hydrogens is 386 g/mol. The monoisotopic (exact) mass is 412 g/mol. The molecule has 1 fully saturated rings. The highest BCUT2D eigenvalue weighted by atomic mass is 19.3. The number of alkyl halides is 2. The van der Waals surface area contributed by atoms with Crippen LogP contribution in [0.2, 0.25) is 0 Å². The predicted molar refractivity (Wildman–Crippen MR) is 104 cm³/mol. The van der Waals surface area contributed by atoms with E-state index in [9.17, 15) is 23.2 Å². The second-order valence-corrected chi connectivity index (χ2v) is 7.94. The lowest BCUT2D eigenvalue weighted by Crippen LogP contribution is -2.51. The maximum absolute atomic E-state index is 13.6. The van der Waals surface area contributed by atoms with Gasteiger partial charge in [-0.05, 0) is 23.6 Å². The fourth-order valence-electron chi connectivity index (χ4n) is 2.74. The van der Waals surface area contributed by atoms with Crippen LogP contribution in [0, 0.1) is 5.41 Å². The Hall–Kier alpha value is -2.59. The van der Waals surface area contributed by atoms with E-state index in [1.165, 1.54) is 17.0 Å². The first-order valence-corrected chi connectivity index (χ1v) is 9.13. The summed E-state index contributed by atoms with van der Waals surface area (Å²) in [5.41, 5.74) is 4.72. The molecule has 29 heavy (non-hydrogen) atoms. The summed E-state index contributed by atoms with van der Waals surface area (Å²) in [6.07, 6.45) is -2.91. The van der Waals surface area contributed by atoms with E-state index < -0.39 is 29.8 Å². The van der Waals surface area contributed by atoms with E-state index in [2.05, 4.69) is 10.6 Å². The van der Waals surface area contributed by atoms with Gasteiger partial charge in [0.15, 0.2) is 6.04 Å². The van der Waals surface area contributed by atoms with Crippen molar-refractivity contribution in [1.29, 1.82) is 0 Å². The van der Waals surface area contributed by atoms with Crippen molar-refractivity contribution in [1.82, 2.24) is 5.32 Å². The molecule has 1 aromatic carbocycles. The zero-order chi connectivity index (χ0) is 21.8. The van der Waals surface area contributed by atoms with Crippen LogP contribution in [0.5, 0.6) is 0 Å². The number of carbonyl (C=O) groups excluding carboxylic acids is 3. The number of rotatable bonds is 7. The molecule has 3 amide bonds. The fourth-order valence-corrected chi connectivity index (χ4v) is 2.74. The van der Waals surface area contributed by atoms with E-state index >= 15 is 0 Å². The van der Waals surface area contributed by atoms with Crippen LogP contribution in [0.3, 0.4) is 0 Å². The van der Waals surface area contributed by atoms with Gasteiger partial charge in [-0.25, -0.2) is 8.78 Å². The molecule has 4 N–H and O–H groups in total. The molecule has 160 valence electrons. The number of morpholine rings is 1. The number of nitrogens with two attached hydrogens (primary N) is 1. The Balaban J connectivity index is 2.23. The highest BCUT2D eigenvalue weighted by Crippen LogP contribution is 2.32. The lowest BCUT2D eigenvalue weighted by molar-refractivity contribution is -0.128. The van der Waals surface area contributed by atoms with Gasteiger partial charge in [-0.1, -0.05) is 20.8 Å². The van der Waals surface area contributed by atoms with Crippen LogP contribution in [0.4, 0.5) is 20.2 Å². The molecule has 0 aromatic heterocycles. The minimum absolute atomic E-state index is 0.123. The Morgan fingerprint density at radius 3 is 2.55 bits per heavy atom. The molecule has 2 rings (SSSR count). The number of ether oxygens (including phenoxy) is 1. The fraction of sp³-hybridized carbons (Fsp3) is 0.526. The Labute approximate surface area is 167 Å². The Morgan fingerprint density at radius 1 is 1.31 bits per heavy atom. The molecule has 0 unspecified atom stereocenters. The average Bonchev–Trinajstić information content (AvgIpc) is 2.61. The van der Waals surface area contributed by atoms with Gasteiger partial charge < -0.3 is 20.7 Å². The van der Waals surface area contributed by atoms with Gasteiger partial charge in [0.25, 0.3) is 18.2 Å². The van der Waals surface area contributed by atoms with E-state index in [1.807, 2.05) is 20.8 Å². The first-order valence-electron chi connectivity index (χ1n) is 9.13. The molecule has 1 aliphatic rings. The van der Waals surface area contributed by atoms with Crippen molar-refractivity contribution < 1.29 is 27.9 Å². The second-order valence-electron chi connectivity index (χ2n) is 7.94. The van der Waals surface area contributed by atoms with Gasteiger partial charge in [-0.3, -0.25) is 19.7 Å².